The molecule has 0 radical (unpaired) electrons. The van der Waals surface area contributed by atoms with E-state index >= 15 is 0 Å². The molecule has 0 aromatic heterocycles. The van der Waals surface area contributed by atoms with Gasteiger partial charge in [0.15, 0.2) is 0 Å². The molecule has 0 fully saturated rings. The maximum absolute atomic E-state index is 7.10. The molecule has 9 aromatic carbocycles. The van der Waals surface area contributed by atoms with Crippen LogP contribution in [0.3, 0.4) is 0 Å². The van der Waals surface area contributed by atoms with Crippen molar-refractivity contribution in [3.8, 4) is 44.5 Å². The number of benzene rings is 9. The lowest BCUT2D eigenvalue weighted by molar-refractivity contribution is 0.663. The summed E-state index contributed by atoms with van der Waals surface area (Å²) in [6.45, 7) is 5.30. The van der Waals surface area contributed by atoms with Gasteiger partial charge in [0.1, 0.15) is 0 Å². The minimum atomic E-state index is -0.125. The predicted octanol–water partition coefficient (Wildman–Crippen LogP) is 14.3. The highest BCUT2D eigenvalue weighted by molar-refractivity contribution is 6.14. The average Bonchev–Trinajstić information content (AvgIpc) is 3.52. The van der Waals surface area contributed by atoms with Crippen molar-refractivity contribution in [1.29, 1.82) is 0 Å². The van der Waals surface area contributed by atoms with Gasteiger partial charge in [0, 0.05) is 22.2 Å². The number of aliphatic imine (C=N–C) groups is 1. The van der Waals surface area contributed by atoms with Crippen molar-refractivity contribution in [1.82, 2.24) is 0 Å². The fourth-order valence-electron chi connectivity index (χ4n) is 9.13. The van der Waals surface area contributed by atoms with E-state index in [-0.39, 0.29) is 5.41 Å². The molecule has 0 atom stereocenters. The lowest BCUT2D eigenvalue weighted by Crippen LogP contribution is -2.16. The number of hydrogen-bond acceptors (Lipinski definition) is 2. The van der Waals surface area contributed by atoms with Crippen LogP contribution in [-0.4, -0.2) is 5.71 Å². The van der Waals surface area contributed by atoms with Gasteiger partial charge in [0.2, 0.25) is 0 Å². The zero-order valence-corrected chi connectivity index (χ0v) is 33.4. The lowest BCUT2D eigenvalue weighted by atomic mass is 9.78. The largest absolute Gasteiger partial charge is 0.398 e. The Balaban J connectivity index is 1.01. The van der Waals surface area contributed by atoms with Crippen molar-refractivity contribution in [2.24, 2.45) is 10.7 Å². The molecule has 0 spiro atoms. The summed E-state index contributed by atoms with van der Waals surface area (Å²) in [6, 6.07) is 71.8. The number of rotatable bonds is 8. The summed E-state index contributed by atoms with van der Waals surface area (Å²) < 4.78 is 0. The van der Waals surface area contributed by atoms with Gasteiger partial charge < -0.3 is 5.73 Å². The second-order valence-electron chi connectivity index (χ2n) is 16.1. The SMILES string of the molecule is CC1(C)c2cc3ccccc3cc2-c2cccc(-c3ccc(-c4ccc(/C(N)=C/C(=NCc5ccccc5)c5cccc(-c6ccccc6)c5)c5ccccc45)cc3)c21. The molecule has 0 saturated carbocycles. The summed E-state index contributed by atoms with van der Waals surface area (Å²) in [5.41, 5.74) is 24.3. The van der Waals surface area contributed by atoms with Gasteiger partial charge in [0.25, 0.3) is 0 Å². The normalized spacial score (nSPS) is 13.4. The Hall–Kier alpha value is -7.29. The Morgan fingerprint density at radius 2 is 1.10 bits per heavy atom. The Labute approximate surface area is 346 Å². The third kappa shape index (κ3) is 6.63. The van der Waals surface area contributed by atoms with Crippen LogP contribution in [0, 0.1) is 0 Å². The van der Waals surface area contributed by atoms with Gasteiger partial charge in [-0.2, -0.15) is 0 Å². The second-order valence-corrected chi connectivity index (χ2v) is 16.1. The van der Waals surface area contributed by atoms with Gasteiger partial charge >= 0.3 is 0 Å². The van der Waals surface area contributed by atoms with E-state index in [1.54, 1.807) is 0 Å². The fourth-order valence-corrected chi connectivity index (χ4v) is 9.13. The highest BCUT2D eigenvalue weighted by Gasteiger charge is 2.37. The van der Waals surface area contributed by atoms with E-state index in [1.807, 2.05) is 18.2 Å². The van der Waals surface area contributed by atoms with Gasteiger partial charge in [0.05, 0.1) is 12.3 Å². The molecule has 10 rings (SSSR count). The second kappa shape index (κ2) is 14.9. The van der Waals surface area contributed by atoms with E-state index in [0.29, 0.717) is 12.2 Å². The molecule has 0 bridgehead atoms. The minimum Gasteiger partial charge on any atom is -0.398 e. The standard InChI is InChI=1S/C57H44N2/c1-57(2)53-35-44-20-10-9-19-43(44)34-52(53)51-26-14-25-47(56(51)57)41-29-27-40(28-30-41)46-31-32-50(49-24-12-11-23-48(46)49)54(58)36-55(59-37-38-15-5-3-6-16-38)45-22-13-21-42(33-45)39-17-7-4-8-18-39/h3-36H,37,58H2,1-2H3/b54-36-,59-55?. The van der Waals surface area contributed by atoms with Crippen LogP contribution in [0.1, 0.15) is 41.7 Å². The van der Waals surface area contributed by atoms with Gasteiger partial charge in [-0.15, -0.1) is 0 Å². The highest BCUT2D eigenvalue weighted by Crippen LogP contribution is 2.53. The van der Waals surface area contributed by atoms with Crippen LogP contribution in [0.5, 0.6) is 0 Å². The van der Waals surface area contributed by atoms with Crippen LogP contribution >= 0.6 is 0 Å². The molecule has 0 heterocycles. The molecule has 2 N–H and O–H groups in total. The summed E-state index contributed by atoms with van der Waals surface area (Å²) >= 11 is 0. The molecule has 282 valence electrons. The quantitative estimate of drug-likeness (QED) is 0.154. The Bertz CT molecular complexity index is 3080. The molecule has 0 saturated heterocycles. The third-order valence-corrected chi connectivity index (χ3v) is 12.1. The monoisotopic (exact) mass is 756 g/mol. The zero-order chi connectivity index (χ0) is 39.9. The van der Waals surface area contributed by atoms with Crippen molar-refractivity contribution in [2.75, 3.05) is 0 Å². The van der Waals surface area contributed by atoms with Crippen molar-refractivity contribution in [2.45, 2.75) is 25.8 Å². The molecule has 2 heteroatoms. The zero-order valence-electron chi connectivity index (χ0n) is 33.4. The number of nitrogens with zero attached hydrogens (tertiary/aromatic N) is 1. The van der Waals surface area contributed by atoms with Crippen LogP contribution in [-0.2, 0) is 12.0 Å². The summed E-state index contributed by atoms with van der Waals surface area (Å²) in [6.07, 6.45) is 2.05. The molecule has 59 heavy (non-hydrogen) atoms. The smallest absolute Gasteiger partial charge is 0.0671 e. The summed E-state index contributed by atoms with van der Waals surface area (Å²) in [7, 11) is 0. The highest BCUT2D eigenvalue weighted by atomic mass is 14.7. The Kier molecular flexibility index (Phi) is 9.11. The first-order valence-corrected chi connectivity index (χ1v) is 20.4. The molecule has 0 unspecified atom stereocenters. The van der Waals surface area contributed by atoms with Crippen molar-refractivity contribution in [3.63, 3.8) is 0 Å². The van der Waals surface area contributed by atoms with Gasteiger partial charge in [-0.1, -0.05) is 196 Å². The van der Waals surface area contributed by atoms with Gasteiger partial charge in [-0.25, -0.2) is 0 Å². The van der Waals surface area contributed by atoms with Crippen LogP contribution in [0.4, 0.5) is 0 Å². The predicted molar refractivity (Wildman–Crippen MR) is 251 cm³/mol. The molecule has 0 aliphatic heterocycles. The first-order chi connectivity index (χ1) is 28.9. The van der Waals surface area contributed by atoms with Gasteiger partial charge in [-0.3, -0.25) is 4.99 Å². The molecule has 9 aromatic rings. The number of fused-ring (bicyclic) bond motifs is 5. The van der Waals surface area contributed by atoms with Crippen molar-refractivity contribution in [3.05, 3.63) is 234 Å². The Morgan fingerprint density at radius 3 is 1.86 bits per heavy atom. The summed E-state index contributed by atoms with van der Waals surface area (Å²) in [5, 5.41) is 4.84. The van der Waals surface area contributed by atoms with Crippen LogP contribution < -0.4 is 5.73 Å². The van der Waals surface area contributed by atoms with E-state index < -0.39 is 0 Å². The van der Waals surface area contributed by atoms with Crippen molar-refractivity contribution < 1.29 is 0 Å². The lowest BCUT2D eigenvalue weighted by Gasteiger charge is -2.25. The number of allylic oxidation sites excluding steroid dienone is 1. The first kappa shape index (κ1) is 36.1. The fraction of sp³-hybridized carbons (Fsp3) is 0.0702. The van der Waals surface area contributed by atoms with E-state index in [2.05, 4.69) is 202 Å². The average molecular weight is 757 g/mol. The van der Waals surface area contributed by atoms with E-state index in [4.69, 9.17) is 10.7 Å². The third-order valence-electron chi connectivity index (χ3n) is 12.1. The Morgan fingerprint density at radius 1 is 0.492 bits per heavy atom. The molecule has 0 amide bonds. The van der Waals surface area contributed by atoms with Gasteiger partial charge in [-0.05, 0) is 107 Å². The topological polar surface area (TPSA) is 38.4 Å². The van der Waals surface area contributed by atoms with Crippen LogP contribution in [0.25, 0.3) is 71.7 Å². The molecule has 1 aliphatic carbocycles. The van der Waals surface area contributed by atoms with E-state index in [0.717, 1.165) is 38.7 Å². The van der Waals surface area contributed by atoms with Crippen LogP contribution in [0.2, 0.25) is 0 Å². The minimum absolute atomic E-state index is 0.125. The summed E-state index contributed by atoms with van der Waals surface area (Å²) in [5.74, 6) is 0. The van der Waals surface area contributed by atoms with E-state index in [1.165, 1.54) is 60.8 Å². The van der Waals surface area contributed by atoms with Crippen molar-refractivity contribution >= 4 is 33.0 Å². The molecule has 2 nitrogen and oxygen atoms in total. The van der Waals surface area contributed by atoms with Crippen LogP contribution in [0.15, 0.2) is 211 Å². The molecule has 1 aliphatic rings. The number of nitrogens with two attached hydrogens (primary N) is 1. The van der Waals surface area contributed by atoms with E-state index in [9.17, 15) is 0 Å². The molecular weight excluding hydrogens is 713 g/mol. The number of hydrogen-bond donors (Lipinski definition) is 1. The first-order valence-electron chi connectivity index (χ1n) is 20.4. The maximum Gasteiger partial charge on any atom is 0.0671 e. The summed E-state index contributed by atoms with van der Waals surface area (Å²) in [4.78, 5) is 5.16. The maximum atomic E-state index is 7.10. The molecular formula is C57H44N2.